The largest absolute Gasteiger partial charge is 0.497 e. The van der Waals surface area contributed by atoms with Gasteiger partial charge in [-0.15, -0.1) is 0 Å². The molecule has 0 atom stereocenters. The minimum atomic E-state index is -0.730. The van der Waals surface area contributed by atoms with Crippen molar-refractivity contribution in [2.45, 2.75) is 26.4 Å². The molecule has 1 N–H and O–H groups in total. The lowest BCUT2D eigenvalue weighted by Gasteiger charge is -2.20. The fraction of sp³-hybridized carbons (Fsp3) is 0.375. The van der Waals surface area contributed by atoms with Gasteiger partial charge in [-0.3, -0.25) is 5.32 Å². The first-order chi connectivity index (χ1) is 10.2. The molecule has 0 saturated heterocycles. The highest BCUT2D eigenvalue weighted by molar-refractivity contribution is 5.96. The first-order valence-electron chi connectivity index (χ1n) is 6.69. The summed E-state index contributed by atoms with van der Waals surface area (Å²) in [6, 6.07) is 7.03. The highest BCUT2D eigenvalue weighted by Crippen LogP contribution is 2.15. The highest BCUT2D eigenvalue weighted by atomic mass is 16.6. The molecule has 1 rings (SSSR count). The summed E-state index contributed by atoms with van der Waals surface area (Å²) in [7, 11) is 2.78. The number of esters is 1. The molecule has 0 heterocycles. The summed E-state index contributed by atoms with van der Waals surface area (Å²) in [5.41, 5.74) is -0.0119. The third-order valence-electron chi connectivity index (χ3n) is 2.45. The Morgan fingerprint density at radius 1 is 1.18 bits per heavy atom. The topological polar surface area (TPSA) is 73.9 Å². The molecule has 0 aromatic heterocycles. The maximum atomic E-state index is 11.8. The van der Waals surface area contributed by atoms with Gasteiger partial charge < -0.3 is 14.2 Å². The number of methoxy groups -OCH3 is 2. The molecule has 1 aromatic rings. The smallest absolute Gasteiger partial charge is 0.412 e. The van der Waals surface area contributed by atoms with E-state index in [9.17, 15) is 9.59 Å². The number of carbonyl (C=O) groups excluding carboxylic acids is 2. The summed E-state index contributed by atoms with van der Waals surface area (Å²) in [4.78, 5) is 23.6. The van der Waals surface area contributed by atoms with Gasteiger partial charge in [0.1, 0.15) is 17.0 Å². The molecule has 6 heteroatoms. The van der Waals surface area contributed by atoms with E-state index in [1.807, 2.05) is 0 Å². The van der Waals surface area contributed by atoms with Gasteiger partial charge in [0.2, 0.25) is 0 Å². The summed E-state index contributed by atoms with van der Waals surface area (Å²) in [6.07, 6.45) is 0.755. The maximum Gasteiger partial charge on any atom is 0.412 e. The molecule has 6 nitrogen and oxygen atoms in total. The molecule has 0 radical (unpaired) electrons. The van der Waals surface area contributed by atoms with Gasteiger partial charge in [-0.25, -0.2) is 9.59 Å². The zero-order valence-electron chi connectivity index (χ0n) is 13.4. The molecular weight excluding hydrogens is 286 g/mol. The Bertz CT molecular complexity index is 572. The van der Waals surface area contributed by atoms with Gasteiger partial charge in [0.25, 0.3) is 0 Å². The van der Waals surface area contributed by atoms with Gasteiger partial charge in [0.05, 0.1) is 14.2 Å². The van der Waals surface area contributed by atoms with Crippen LogP contribution in [0.5, 0.6) is 5.75 Å². The van der Waals surface area contributed by atoms with Gasteiger partial charge in [-0.2, -0.15) is 0 Å². The Hall–Kier alpha value is -2.50. The second-order valence-electron chi connectivity index (χ2n) is 5.45. The van der Waals surface area contributed by atoms with Gasteiger partial charge in [0.15, 0.2) is 0 Å². The second-order valence-corrected chi connectivity index (χ2v) is 5.45. The average molecular weight is 307 g/mol. The second kappa shape index (κ2) is 7.49. The molecule has 1 amide bonds. The SMILES string of the molecule is COC(=O)C(=Cc1cccc(OC)c1)NC(=O)OC(C)(C)C. The van der Waals surface area contributed by atoms with Crippen molar-refractivity contribution in [1.29, 1.82) is 0 Å². The Morgan fingerprint density at radius 2 is 1.86 bits per heavy atom. The first kappa shape index (κ1) is 17.6. The minimum Gasteiger partial charge on any atom is -0.497 e. The third-order valence-corrected chi connectivity index (χ3v) is 2.45. The van der Waals surface area contributed by atoms with E-state index in [4.69, 9.17) is 9.47 Å². The van der Waals surface area contributed by atoms with Crippen LogP contribution in [0.1, 0.15) is 26.3 Å². The number of hydrogen-bond acceptors (Lipinski definition) is 5. The number of rotatable bonds is 4. The maximum absolute atomic E-state index is 11.8. The van der Waals surface area contributed by atoms with Crippen LogP contribution in [-0.2, 0) is 14.3 Å². The number of amides is 1. The lowest BCUT2D eigenvalue weighted by Crippen LogP contribution is -2.34. The Labute approximate surface area is 130 Å². The zero-order chi connectivity index (χ0) is 16.8. The lowest BCUT2D eigenvalue weighted by molar-refractivity contribution is -0.136. The van der Waals surface area contributed by atoms with Crippen molar-refractivity contribution in [1.82, 2.24) is 5.32 Å². The molecule has 0 saturated carbocycles. The van der Waals surface area contributed by atoms with Crippen LogP contribution in [0.25, 0.3) is 6.08 Å². The van der Waals surface area contributed by atoms with Crippen molar-refractivity contribution in [3.8, 4) is 5.75 Å². The molecule has 120 valence electrons. The number of hydrogen-bond donors (Lipinski definition) is 1. The summed E-state index contributed by atoms with van der Waals surface area (Å²) >= 11 is 0. The van der Waals surface area contributed by atoms with E-state index in [1.165, 1.54) is 13.2 Å². The van der Waals surface area contributed by atoms with Crippen LogP contribution in [0.15, 0.2) is 30.0 Å². The standard InChI is InChI=1S/C16H21NO5/c1-16(2,3)22-15(19)17-13(14(18)21-5)10-11-7-6-8-12(9-11)20-4/h6-10H,1-5H3,(H,17,19). The van der Waals surface area contributed by atoms with Crippen molar-refractivity contribution in [2.24, 2.45) is 0 Å². The van der Waals surface area contributed by atoms with Crippen LogP contribution in [-0.4, -0.2) is 31.9 Å². The minimum absolute atomic E-state index is 0.0231. The fourth-order valence-corrected chi connectivity index (χ4v) is 1.57. The molecule has 0 spiro atoms. The molecule has 1 aromatic carbocycles. The van der Waals surface area contributed by atoms with E-state index < -0.39 is 17.7 Å². The zero-order valence-corrected chi connectivity index (χ0v) is 13.4. The summed E-state index contributed by atoms with van der Waals surface area (Å²) in [5.74, 6) is -0.0380. The average Bonchev–Trinajstić information content (AvgIpc) is 2.44. The van der Waals surface area contributed by atoms with Crippen molar-refractivity contribution in [3.63, 3.8) is 0 Å². The molecule has 0 aliphatic rings. The molecule has 0 aliphatic carbocycles. The van der Waals surface area contributed by atoms with Crippen LogP contribution in [0.2, 0.25) is 0 Å². The van der Waals surface area contributed by atoms with Crippen LogP contribution >= 0.6 is 0 Å². The van der Waals surface area contributed by atoms with E-state index in [2.05, 4.69) is 10.1 Å². The number of ether oxygens (including phenoxy) is 3. The molecular formula is C16H21NO5. The van der Waals surface area contributed by atoms with Crippen LogP contribution in [0.4, 0.5) is 4.79 Å². The predicted molar refractivity (Wildman–Crippen MR) is 82.4 cm³/mol. The van der Waals surface area contributed by atoms with Crippen molar-refractivity contribution in [3.05, 3.63) is 35.5 Å². The van der Waals surface area contributed by atoms with E-state index in [1.54, 1.807) is 52.1 Å². The fourth-order valence-electron chi connectivity index (χ4n) is 1.57. The summed E-state index contributed by atoms with van der Waals surface area (Å²) in [6.45, 7) is 5.20. The number of alkyl carbamates (subject to hydrolysis) is 1. The molecule has 0 unspecified atom stereocenters. The van der Waals surface area contributed by atoms with Crippen LogP contribution < -0.4 is 10.1 Å². The first-order valence-corrected chi connectivity index (χ1v) is 6.69. The van der Waals surface area contributed by atoms with Crippen molar-refractivity contribution in [2.75, 3.05) is 14.2 Å². The quantitative estimate of drug-likeness (QED) is 0.684. The lowest BCUT2D eigenvalue weighted by atomic mass is 10.2. The highest BCUT2D eigenvalue weighted by Gasteiger charge is 2.20. The number of nitrogens with one attached hydrogen (secondary N) is 1. The molecule has 0 fully saturated rings. The van der Waals surface area contributed by atoms with Crippen molar-refractivity contribution >= 4 is 18.1 Å². The van der Waals surface area contributed by atoms with Crippen molar-refractivity contribution < 1.29 is 23.8 Å². The van der Waals surface area contributed by atoms with Crippen LogP contribution in [0.3, 0.4) is 0 Å². The van der Waals surface area contributed by atoms with E-state index >= 15 is 0 Å². The number of carbonyl (C=O) groups is 2. The molecule has 0 aliphatic heterocycles. The third kappa shape index (κ3) is 5.87. The monoisotopic (exact) mass is 307 g/mol. The van der Waals surface area contributed by atoms with E-state index in [0.717, 1.165) is 0 Å². The summed E-state index contributed by atoms with van der Waals surface area (Å²) in [5, 5.41) is 2.39. The number of benzene rings is 1. The molecule has 22 heavy (non-hydrogen) atoms. The van der Waals surface area contributed by atoms with Crippen LogP contribution in [0, 0.1) is 0 Å². The van der Waals surface area contributed by atoms with E-state index in [0.29, 0.717) is 11.3 Å². The normalized spacial score (nSPS) is 11.6. The molecule has 0 bridgehead atoms. The van der Waals surface area contributed by atoms with E-state index in [-0.39, 0.29) is 5.70 Å². The van der Waals surface area contributed by atoms with Gasteiger partial charge in [-0.05, 0) is 44.5 Å². The van der Waals surface area contributed by atoms with Gasteiger partial charge >= 0.3 is 12.1 Å². The Kier molecular flexibility index (Phi) is 5.98. The summed E-state index contributed by atoms with van der Waals surface area (Å²) < 4.78 is 14.9. The van der Waals surface area contributed by atoms with Gasteiger partial charge in [-0.1, -0.05) is 12.1 Å². The van der Waals surface area contributed by atoms with Gasteiger partial charge in [0, 0.05) is 0 Å². The Morgan fingerprint density at radius 3 is 2.41 bits per heavy atom. The predicted octanol–water partition coefficient (Wildman–Crippen LogP) is 2.73. The Balaban J connectivity index is 2.99.